The Bertz CT molecular complexity index is 468. The molecule has 0 unspecified atom stereocenters. The number of carbonyl (C=O) groups excluding carboxylic acids is 2. The predicted octanol–water partition coefficient (Wildman–Crippen LogP) is 1.93. The predicted molar refractivity (Wildman–Crippen MR) is 86.9 cm³/mol. The summed E-state index contributed by atoms with van der Waals surface area (Å²) in [5.74, 6) is 0.377. The van der Waals surface area contributed by atoms with Crippen molar-refractivity contribution in [3.63, 3.8) is 0 Å². The normalized spacial score (nSPS) is 21.3. The standard InChI is InChI=1S/C16H24N2O3S/c19-10-12-3-5-14(6-4-12)18-15(20)2-1-8-17-16(21)13-7-9-22-11-13/h7,9,11-12,14,19H,1-6,8,10H2,(H,17,21)(H,18,20). The van der Waals surface area contributed by atoms with E-state index in [4.69, 9.17) is 5.11 Å². The average molecular weight is 324 g/mol. The van der Waals surface area contributed by atoms with Gasteiger partial charge in [-0.15, -0.1) is 0 Å². The Balaban J connectivity index is 1.55. The lowest BCUT2D eigenvalue weighted by molar-refractivity contribution is -0.122. The molecule has 0 aromatic carbocycles. The third-order valence-electron chi connectivity index (χ3n) is 4.12. The number of nitrogens with one attached hydrogen (secondary N) is 2. The Morgan fingerprint density at radius 3 is 2.68 bits per heavy atom. The number of thiophene rings is 1. The van der Waals surface area contributed by atoms with Crippen LogP contribution in [0.2, 0.25) is 0 Å². The molecule has 6 heteroatoms. The molecule has 22 heavy (non-hydrogen) atoms. The lowest BCUT2D eigenvalue weighted by Gasteiger charge is -2.27. The molecule has 0 bridgehead atoms. The molecule has 1 aromatic heterocycles. The largest absolute Gasteiger partial charge is 0.396 e. The minimum Gasteiger partial charge on any atom is -0.396 e. The minimum absolute atomic E-state index is 0.0530. The van der Waals surface area contributed by atoms with Gasteiger partial charge in [0.2, 0.25) is 5.91 Å². The molecule has 0 saturated heterocycles. The molecule has 0 aliphatic heterocycles. The maximum absolute atomic E-state index is 11.9. The van der Waals surface area contributed by atoms with Gasteiger partial charge < -0.3 is 15.7 Å². The summed E-state index contributed by atoms with van der Waals surface area (Å²) in [6.07, 6.45) is 4.95. The third kappa shape index (κ3) is 5.42. The van der Waals surface area contributed by atoms with E-state index in [0.29, 0.717) is 30.9 Å². The highest BCUT2D eigenvalue weighted by Crippen LogP contribution is 2.23. The van der Waals surface area contributed by atoms with E-state index in [1.165, 1.54) is 11.3 Å². The highest BCUT2D eigenvalue weighted by Gasteiger charge is 2.21. The van der Waals surface area contributed by atoms with Crippen LogP contribution in [0.25, 0.3) is 0 Å². The number of amides is 2. The topological polar surface area (TPSA) is 78.4 Å². The summed E-state index contributed by atoms with van der Waals surface area (Å²) in [7, 11) is 0. The molecule has 0 spiro atoms. The van der Waals surface area contributed by atoms with Crippen LogP contribution in [0.1, 0.15) is 48.9 Å². The summed E-state index contributed by atoms with van der Waals surface area (Å²) in [5, 5.41) is 18.6. The Morgan fingerprint density at radius 2 is 2.05 bits per heavy atom. The fourth-order valence-electron chi connectivity index (χ4n) is 2.74. The second-order valence-corrected chi connectivity index (χ2v) is 6.62. The summed E-state index contributed by atoms with van der Waals surface area (Å²) in [5.41, 5.74) is 0.676. The van der Waals surface area contributed by atoms with Gasteiger partial charge in [-0.2, -0.15) is 11.3 Å². The van der Waals surface area contributed by atoms with Gasteiger partial charge in [-0.3, -0.25) is 9.59 Å². The fraction of sp³-hybridized carbons (Fsp3) is 0.625. The minimum atomic E-state index is -0.0796. The molecule has 1 saturated carbocycles. The van der Waals surface area contributed by atoms with Crippen molar-refractivity contribution < 1.29 is 14.7 Å². The average Bonchev–Trinajstić information content (AvgIpc) is 3.06. The van der Waals surface area contributed by atoms with Gasteiger partial charge >= 0.3 is 0 Å². The van der Waals surface area contributed by atoms with Crippen molar-refractivity contribution in [2.75, 3.05) is 13.2 Å². The fourth-order valence-corrected chi connectivity index (χ4v) is 3.37. The van der Waals surface area contributed by atoms with E-state index >= 15 is 0 Å². The van der Waals surface area contributed by atoms with Gasteiger partial charge in [-0.1, -0.05) is 0 Å². The highest BCUT2D eigenvalue weighted by molar-refractivity contribution is 7.08. The zero-order valence-electron chi connectivity index (χ0n) is 12.7. The van der Waals surface area contributed by atoms with E-state index in [1.54, 1.807) is 6.07 Å². The number of hydrogen-bond acceptors (Lipinski definition) is 4. The van der Waals surface area contributed by atoms with Crippen molar-refractivity contribution in [3.05, 3.63) is 22.4 Å². The quantitative estimate of drug-likeness (QED) is 0.671. The van der Waals surface area contributed by atoms with Crippen LogP contribution in [0.5, 0.6) is 0 Å². The van der Waals surface area contributed by atoms with Gasteiger partial charge in [-0.25, -0.2) is 0 Å². The van der Waals surface area contributed by atoms with Gasteiger partial charge in [0.05, 0.1) is 0 Å². The lowest BCUT2D eigenvalue weighted by Crippen LogP contribution is -2.38. The van der Waals surface area contributed by atoms with E-state index < -0.39 is 0 Å². The summed E-state index contributed by atoms with van der Waals surface area (Å²) < 4.78 is 0. The molecule has 1 heterocycles. The van der Waals surface area contributed by atoms with E-state index in [0.717, 1.165) is 25.7 Å². The van der Waals surface area contributed by atoms with Gasteiger partial charge in [0.1, 0.15) is 0 Å². The summed E-state index contributed by atoms with van der Waals surface area (Å²) in [6.45, 7) is 0.768. The molecule has 0 atom stereocenters. The van der Waals surface area contributed by atoms with Crippen molar-refractivity contribution in [1.82, 2.24) is 10.6 Å². The molecule has 5 nitrogen and oxygen atoms in total. The SMILES string of the molecule is O=C(CCCNC(=O)c1ccsc1)NC1CCC(CO)CC1. The van der Waals surface area contributed by atoms with Crippen molar-refractivity contribution in [2.45, 2.75) is 44.6 Å². The smallest absolute Gasteiger partial charge is 0.252 e. The Labute approximate surface area is 135 Å². The molecule has 1 aliphatic carbocycles. The van der Waals surface area contributed by atoms with Crippen molar-refractivity contribution in [1.29, 1.82) is 0 Å². The first kappa shape index (κ1) is 17.0. The number of aliphatic hydroxyl groups excluding tert-OH is 1. The second kappa shape index (κ2) is 8.90. The first-order valence-electron chi connectivity index (χ1n) is 7.89. The van der Waals surface area contributed by atoms with Crippen LogP contribution in [0.15, 0.2) is 16.8 Å². The van der Waals surface area contributed by atoms with Gasteiger partial charge in [0.15, 0.2) is 0 Å². The van der Waals surface area contributed by atoms with Crippen LogP contribution in [0, 0.1) is 5.92 Å². The number of rotatable bonds is 7. The highest BCUT2D eigenvalue weighted by atomic mass is 32.1. The van der Waals surface area contributed by atoms with Crippen LogP contribution in [-0.2, 0) is 4.79 Å². The molecule has 2 rings (SSSR count). The van der Waals surface area contributed by atoms with Crippen molar-refractivity contribution in [2.24, 2.45) is 5.92 Å². The van der Waals surface area contributed by atoms with Crippen molar-refractivity contribution in [3.8, 4) is 0 Å². The van der Waals surface area contributed by atoms with Gasteiger partial charge in [0, 0.05) is 36.6 Å². The van der Waals surface area contributed by atoms with Crippen LogP contribution in [-0.4, -0.2) is 36.1 Å². The summed E-state index contributed by atoms with van der Waals surface area (Å²) >= 11 is 1.49. The molecule has 3 N–H and O–H groups in total. The number of hydrogen-bond donors (Lipinski definition) is 3. The molecule has 0 radical (unpaired) electrons. The summed E-state index contributed by atoms with van der Waals surface area (Å²) in [6, 6.07) is 2.03. The van der Waals surface area contributed by atoms with Crippen LogP contribution in [0.3, 0.4) is 0 Å². The molecule has 122 valence electrons. The molecule has 1 aromatic rings. The summed E-state index contributed by atoms with van der Waals surface area (Å²) in [4.78, 5) is 23.6. The maximum Gasteiger partial charge on any atom is 0.252 e. The number of carbonyl (C=O) groups is 2. The zero-order chi connectivity index (χ0) is 15.8. The lowest BCUT2D eigenvalue weighted by atomic mass is 9.86. The van der Waals surface area contributed by atoms with Gasteiger partial charge in [0.25, 0.3) is 5.91 Å². The second-order valence-electron chi connectivity index (χ2n) is 5.84. The molecule has 1 fully saturated rings. The zero-order valence-corrected chi connectivity index (χ0v) is 13.5. The number of aliphatic hydroxyl groups is 1. The Hall–Kier alpha value is -1.40. The molecule has 2 amide bonds. The van der Waals surface area contributed by atoms with E-state index in [2.05, 4.69) is 10.6 Å². The molecular formula is C16H24N2O3S. The van der Waals surface area contributed by atoms with Crippen LogP contribution >= 0.6 is 11.3 Å². The van der Waals surface area contributed by atoms with Crippen LogP contribution in [0.4, 0.5) is 0 Å². The van der Waals surface area contributed by atoms with Crippen molar-refractivity contribution >= 4 is 23.2 Å². The van der Waals surface area contributed by atoms with E-state index in [9.17, 15) is 9.59 Å². The first-order chi connectivity index (χ1) is 10.7. The Kier molecular flexibility index (Phi) is 6.86. The van der Waals surface area contributed by atoms with E-state index in [1.807, 2.05) is 10.8 Å². The monoisotopic (exact) mass is 324 g/mol. The van der Waals surface area contributed by atoms with E-state index in [-0.39, 0.29) is 24.5 Å². The molecular weight excluding hydrogens is 300 g/mol. The van der Waals surface area contributed by atoms with Crippen LogP contribution < -0.4 is 10.6 Å². The maximum atomic E-state index is 11.9. The van der Waals surface area contributed by atoms with Gasteiger partial charge in [-0.05, 0) is 49.5 Å². The Morgan fingerprint density at radius 1 is 1.27 bits per heavy atom. The first-order valence-corrected chi connectivity index (χ1v) is 8.84. The third-order valence-corrected chi connectivity index (χ3v) is 4.80. The molecule has 1 aliphatic rings.